The number of aryl methyl sites for hydroxylation is 1. The molecule has 67 heavy (non-hydrogen) atoms. The zero-order valence-corrected chi connectivity index (χ0v) is 42.7. The van der Waals surface area contributed by atoms with E-state index in [9.17, 15) is 12.3 Å². The second-order valence-electron chi connectivity index (χ2n) is 25.1. The molecular formula is C63H73BN2O. The van der Waals surface area contributed by atoms with Crippen molar-refractivity contribution in [3.05, 3.63) is 148 Å². The summed E-state index contributed by atoms with van der Waals surface area (Å²) >= 11 is 0. The van der Waals surface area contributed by atoms with Crippen molar-refractivity contribution in [3.63, 3.8) is 0 Å². The smallest absolute Gasteiger partial charge is 0.297 e. The molecule has 0 spiro atoms. The quantitative estimate of drug-likeness (QED) is 0.165. The van der Waals surface area contributed by atoms with Gasteiger partial charge in [-0.25, -0.2) is 0 Å². The maximum atomic E-state index is 9.95. The Morgan fingerprint density at radius 3 is 1.66 bits per heavy atom. The normalized spacial score (nSPS) is 18.6. The van der Waals surface area contributed by atoms with Crippen LogP contribution in [0.4, 0.5) is 34.1 Å². The third kappa shape index (κ3) is 7.39. The van der Waals surface area contributed by atoms with Crippen LogP contribution in [0.15, 0.2) is 113 Å². The molecule has 6 aromatic carbocycles. The Morgan fingerprint density at radius 2 is 1.09 bits per heavy atom. The largest absolute Gasteiger partial charge is 0.468 e. The van der Waals surface area contributed by atoms with E-state index in [4.69, 9.17) is 4.42 Å². The van der Waals surface area contributed by atoms with Gasteiger partial charge in [0.2, 0.25) is 0 Å². The molecule has 3 aliphatic rings. The predicted octanol–water partition coefficient (Wildman–Crippen LogP) is 16.0. The molecule has 1 aromatic heterocycles. The Morgan fingerprint density at radius 1 is 0.552 bits per heavy atom. The third-order valence-corrected chi connectivity index (χ3v) is 15.1. The first kappa shape index (κ1) is 35.6. The molecule has 4 heteroatoms. The van der Waals surface area contributed by atoms with Gasteiger partial charge in [-0.05, 0) is 162 Å². The van der Waals surface area contributed by atoms with Crippen LogP contribution < -0.4 is 26.4 Å². The van der Waals surface area contributed by atoms with Gasteiger partial charge in [0.1, 0.15) is 5.58 Å². The second kappa shape index (κ2) is 14.8. The highest BCUT2D eigenvalue weighted by Gasteiger charge is 2.48. The SMILES string of the molecule is [2H]c1cc(C(C)(C)C)cc([2H])c1N1c2cc(C([2H])([2H])[2H])cc3c2B(c2cc(C(C)(C)C)ccc2N3c2ccc(C(C)(C)C)cc2-c2c([2H])c([2H])c(C(C)(C)C)c([2H])c2[2H])c2oc3cc4c(cc3c21)C(C)(C)CCC4(C)C. The molecule has 0 saturated heterocycles. The molecule has 0 radical (unpaired) electrons. The summed E-state index contributed by atoms with van der Waals surface area (Å²) in [6, 6.07) is 23.8. The van der Waals surface area contributed by atoms with Gasteiger partial charge in [0.15, 0.2) is 0 Å². The van der Waals surface area contributed by atoms with Crippen LogP contribution in [-0.2, 0) is 32.5 Å². The first-order valence-corrected chi connectivity index (χ1v) is 24.3. The van der Waals surface area contributed by atoms with Gasteiger partial charge in [0.05, 0.1) is 25.3 Å². The molecule has 0 atom stereocenters. The Kier molecular flexibility index (Phi) is 7.85. The standard InChI is InChI=1S/C63H73BN2O/c1-38-32-52-55-53(33-38)66(50-28-24-42(60(8,9)10)34-45(50)39-18-20-40(21-19-39)58(2,3)4)51-29-25-43(61(11,12)13)35-49(51)64(55)57-56(65(52)44-26-22-41(23-27-44)59(5,6)7)46-36-47-48(37-54(46)67-57)63(16,17)31-30-62(47,14)15/h18-29,32-37H,30-31H2,1-17H3/i1D3,18D,19D,20D,21D,26D,27D. The van der Waals surface area contributed by atoms with Crippen LogP contribution in [0.1, 0.15) is 175 Å². The topological polar surface area (TPSA) is 19.6 Å². The fourth-order valence-electron chi connectivity index (χ4n) is 10.7. The molecule has 0 saturated carbocycles. The minimum absolute atomic E-state index is 0.0530. The van der Waals surface area contributed by atoms with Crippen LogP contribution >= 0.6 is 0 Å². The van der Waals surface area contributed by atoms with Gasteiger partial charge in [0, 0.05) is 37.8 Å². The molecule has 1 aliphatic carbocycles. The molecule has 0 N–H and O–H groups in total. The van der Waals surface area contributed by atoms with E-state index in [0.29, 0.717) is 50.8 Å². The van der Waals surface area contributed by atoms with E-state index in [0.717, 1.165) is 51.5 Å². The van der Waals surface area contributed by atoms with Gasteiger partial charge in [-0.1, -0.05) is 165 Å². The lowest BCUT2D eigenvalue weighted by atomic mass is 9.35. The number of rotatable bonds is 3. The number of fused-ring (bicyclic) bond motifs is 7. The van der Waals surface area contributed by atoms with E-state index < -0.39 is 24.4 Å². The first-order chi connectivity index (χ1) is 34.8. The summed E-state index contributed by atoms with van der Waals surface area (Å²) in [5.74, 6) is 0. The first-order valence-electron chi connectivity index (χ1n) is 28.8. The summed E-state index contributed by atoms with van der Waals surface area (Å²) in [5, 5.41) is 0.822. The summed E-state index contributed by atoms with van der Waals surface area (Å²) in [4.78, 5) is 4.00. The summed E-state index contributed by atoms with van der Waals surface area (Å²) in [5.41, 5.74) is 10.4. The number of furan rings is 1. The molecule has 10 rings (SSSR count). The number of hydrogen-bond donors (Lipinski definition) is 0. The Labute approximate surface area is 415 Å². The summed E-state index contributed by atoms with van der Waals surface area (Å²) in [6.45, 7) is 30.7. The van der Waals surface area contributed by atoms with Crippen LogP contribution in [-0.4, -0.2) is 6.71 Å². The minimum Gasteiger partial charge on any atom is -0.468 e. The predicted molar refractivity (Wildman–Crippen MR) is 290 cm³/mol. The van der Waals surface area contributed by atoms with Crippen LogP contribution in [0.25, 0.3) is 22.1 Å². The van der Waals surface area contributed by atoms with E-state index in [1.54, 1.807) is 12.1 Å². The van der Waals surface area contributed by atoms with E-state index in [1.165, 1.54) is 11.1 Å². The summed E-state index contributed by atoms with van der Waals surface area (Å²) in [7, 11) is 0. The van der Waals surface area contributed by atoms with Crippen LogP contribution in [0.3, 0.4) is 0 Å². The number of benzene rings is 6. The van der Waals surface area contributed by atoms with Crippen molar-refractivity contribution in [1.29, 1.82) is 0 Å². The van der Waals surface area contributed by atoms with E-state index in [2.05, 4.69) is 125 Å². The Balaban J connectivity index is 1.41. The van der Waals surface area contributed by atoms with E-state index in [-0.39, 0.29) is 69.0 Å². The molecule has 0 amide bonds. The van der Waals surface area contributed by atoms with Gasteiger partial charge in [-0.2, -0.15) is 0 Å². The maximum Gasteiger partial charge on any atom is 0.297 e. The van der Waals surface area contributed by atoms with Crippen molar-refractivity contribution in [2.24, 2.45) is 0 Å². The fourth-order valence-corrected chi connectivity index (χ4v) is 10.7. The van der Waals surface area contributed by atoms with Crippen LogP contribution in [0.5, 0.6) is 0 Å². The van der Waals surface area contributed by atoms with E-state index >= 15 is 0 Å². The van der Waals surface area contributed by atoms with Crippen molar-refractivity contribution < 1.29 is 16.8 Å². The molecule has 3 nitrogen and oxygen atoms in total. The molecule has 0 unspecified atom stereocenters. The molecule has 7 aromatic rings. The molecule has 0 fully saturated rings. The molecule has 3 heterocycles. The Hall–Kier alpha value is -5.48. The monoisotopic (exact) mass is 894 g/mol. The fraction of sp³-hybridized carbons (Fsp3) is 0.397. The highest BCUT2D eigenvalue weighted by Crippen LogP contribution is 2.53. The maximum absolute atomic E-state index is 9.95. The lowest BCUT2D eigenvalue weighted by Crippen LogP contribution is -2.61. The average molecular weight is 894 g/mol. The van der Waals surface area contributed by atoms with Crippen LogP contribution in [0, 0.1) is 6.85 Å². The average Bonchev–Trinajstić information content (AvgIpc) is 3.68. The van der Waals surface area contributed by atoms with Crippen molar-refractivity contribution in [1.82, 2.24) is 0 Å². The zero-order valence-electron chi connectivity index (χ0n) is 51.7. The summed E-state index contributed by atoms with van der Waals surface area (Å²) < 4.78 is 93.3. The van der Waals surface area contributed by atoms with Gasteiger partial charge in [0.25, 0.3) is 6.71 Å². The number of hydrogen-bond acceptors (Lipinski definition) is 3. The number of nitrogens with zero attached hydrogens (tertiary/aromatic N) is 2. The van der Waals surface area contributed by atoms with Crippen LogP contribution in [0.2, 0.25) is 0 Å². The van der Waals surface area contributed by atoms with Crippen molar-refractivity contribution in [2.45, 2.75) is 163 Å². The lowest BCUT2D eigenvalue weighted by Gasteiger charge is -2.44. The molecule has 344 valence electrons. The molecular weight excluding hydrogens is 812 g/mol. The van der Waals surface area contributed by atoms with Gasteiger partial charge < -0.3 is 14.2 Å². The van der Waals surface area contributed by atoms with Gasteiger partial charge in [-0.3, -0.25) is 0 Å². The number of anilines is 6. The second-order valence-corrected chi connectivity index (χ2v) is 25.1. The van der Waals surface area contributed by atoms with Crippen molar-refractivity contribution in [2.75, 3.05) is 9.80 Å². The van der Waals surface area contributed by atoms with Gasteiger partial charge >= 0.3 is 0 Å². The highest BCUT2D eigenvalue weighted by atomic mass is 16.3. The minimum atomic E-state index is -2.63. The van der Waals surface area contributed by atoms with Crippen molar-refractivity contribution in [3.8, 4) is 11.1 Å². The summed E-state index contributed by atoms with van der Waals surface area (Å²) in [6.07, 6.45) is 1.98. The zero-order chi connectivity index (χ0) is 55.8. The molecule has 2 aliphatic heterocycles. The molecule has 0 bridgehead atoms. The van der Waals surface area contributed by atoms with Gasteiger partial charge in [-0.15, -0.1) is 0 Å². The van der Waals surface area contributed by atoms with Crippen molar-refractivity contribution >= 4 is 68.4 Å². The van der Waals surface area contributed by atoms with E-state index in [1.807, 2.05) is 56.0 Å². The third-order valence-electron chi connectivity index (χ3n) is 15.1. The lowest BCUT2D eigenvalue weighted by molar-refractivity contribution is 0.332. The Bertz CT molecular complexity index is 3560. The highest BCUT2D eigenvalue weighted by molar-refractivity contribution is 7.00.